The molecule has 0 aromatic heterocycles. The first-order valence-corrected chi connectivity index (χ1v) is 8.54. The first-order valence-electron chi connectivity index (χ1n) is 8.54. The van der Waals surface area contributed by atoms with Crippen LogP contribution in [0, 0.1) is 17.6 Å². The molecule has 1 heterocycles. The van der Waals surface area contributed by atoms with Crippen molar-refractivity contribution in [2.75, 3.05) is 54.5 Å². The Morgan fingerprint density at radius 3 is 2.46 bits per heavy atom. The molecule has 8 heteroatoms. The smallest absolute Gasteiger partial charge is 0.193 e. The van der Waals surface area contributed by atoms with Crippen molar-refractivity contribution in [3.8, 4) is 0 Å². The molecule has 1 fully saturated rings. The van der Waals surface area contributed by atoms with Gasteiger partial charge >= 0.3 is 0 Å². The number of guanidine groups is 1. The fraction of sp³-hybridized carbons (Fsp3) is 0.611. The Bertz CT molecular complexity index is 574. The number of nitrogens with one attached hydrogen (secondary N) is 1. The van der Waals surface area contributed by atoms with Crippen LogP contribution in [0.5, 0.6) is 0 Å². The van der Waals surface area contributed by atoms with Gasteiger partial charge in [0.2, 0.25) is 0 Å². The second-order valence-corrected chi connectivity index (χ2v) is 6.65. The van der Waals surface area contributed by atoms with Crippen molar-refractivity contribution in [1.29, 1.82) is 0 Å². The number of aliphatic imine (C=N–C) groups is 1. The van der Waals surface area contributed by atoms with Crippen LogP contribution in [0.2, 0.25) is 0 Å². The number of likely N-dealkylation sites (N-methyl/N-ethyl adjacent to an activating group) is 1. The van der Waals surface area contributed by atoms with Gasteiger partial charge in [-0.05, 0) is 32.6 Å². The van der Waals surface area contributed by atoms with E-state index >= 15 is 0 Å². The van der Waals surface area contributed by atoms with Crippen molar-refractivity contribution < 1.29 is 13.5 Å². The van der Waals surface area contributed by atoms with Crippen molar-refractivity contribution in [3.05, 3.63) is 35.4 Å². The second-order valence-electron chi connectivity index (χ2n) is 6.65. The third kappa shape index (κ3) is 6.02. The molecule has 1 saturated heterocycles. The average molecular weight is 482 g/mol. The van der Waals surface area contributed by atoms with Gasteiger partial charge in [-0.15, -0.1) is 24.0 Å². The molecule has 1 aliphatic heterocycles. The number of hydrogen-bond donors (Lipinski definition) is 1. The predicted molar refractivity (Wildman–Crippen MR) is 111 cm³/mol. The maximum atomic E-state index is 14.1. The van der Waals surface area contributed by atoms with E-state index in [4.69, 9.17) is 4.74 Å². The molecule has 26 heavy (non-hydrogen) atoms. The molecule has 2 rings (SSSR count). The Kier molecular flexibility index (Phi) is 9.73. The molecule has 1 N–H and O–H groups in total. The highest BCUT2D eigenvalue weighted by atomic mass is 127. The fourth-order valence-electron chi connectivity index (χ4n) is 3.15. The Labute approximate surface area is 171 Å². The topological polar surface area (TPSA) is 40.1 Å². The molecular formula is C18H29F2IN4O. The summed E-state index contributed by atoms with van der Waals surface area (Å²) in [5, 5.41) is 3.24. The van der Waals surface area contributed by atoms with Gasteiger partial charge in [0.1, 0.15) is 11.6 Å². The average Bonchev–Trinajstić information content (AvgIpc) is 3.06. The highest BCUT2D eigenvalue weighted by Gasteiger charge is 2.24. The van der Waals surface area contributed by atoms with E-state index in [1.54, 1.807) is 26.0 Å². The Morgan fingerprint density at radius 1 is 1.31 bits per heavy atom. The van der Waals surface area contributed by atoms with Crippen molar-refractivity contribution in [2.24, 2.45) is 10.9 Å². The molecule has 1 aromatic carbocycles. The van der Waals surface area contributed by atoms with E-state index < -0.39 is 17.7 Å². The lowest BCUT2D eigenvalue weighted by Crippen LogP contribution is -2.44. The number of ether oxygens (including phenoxy) is 1. The lowest BCUT2D eigenvalue weighted by Gasteiger charge is -2.29. The van der Waals surface area contributed by atoms with E-state index in [0.29, 0.717) is 18.4 Å². The summed E-state index contributed by atoms with van der Waals surface area (Å²) >= 11 is 0. The van der Waals surface area contributed by atoms with E-state index in [9.17, 15) is 8.78 Å². The first kappa shape index (κ1) is 23.0. The molecule has 0 bridgehead atoms. The van der Waals surface area contributed by atoms with E-state index in [1.165, 1.54) is 18.2 Å². The number of hydrogen-bond acceptors (Lipinski definition) is 3. The van der Waals surface area contributed by atoms with Gasteiger partial charge in [0.15, 0.2) is 5.96 Å². The van der Waals surface area contributed by atoms with Gasteiger partial charge in [0.25, 0.3) is 0 Å². The molecule has 0 spiro atoms. The Hall–Kier alpha value is -1.00. The zero-order valence-electron chi connectivity index (χ0n) is 15.8. The van der Waals surface area contributed by atoms with Crippen LogP contribution in [0.4, 0.5) is 8.78 Å². The van der Waals surface area contributed by atoms with Gasteiger partial charge in [-0.25, -0.2) is 8.78 Å². The zero-order valence-corrected chi connectivity index (χ0v) is 18.2. The van der Waals surface area contributed by atoms with Gasteiger partial charge in [-0.1, -0.05) is 6.07 Å². The number of benzene rings is 1. The lowest BCUT2D eigenvalue weighted by atomic mass is 10.0. The summed E-state index contributed by atoms with van der Waals surface area (Å²) in [5.41, 5.74) is 0.0716. The molecule has 1 aliphatic rings. The molecule has 0 aliphatic carbocycles. The maximum absolute atomic E-state index is 14.1. The number of halogens is 3. The largest absolute Gasteiger partial charge is 0.381 e. The van der Waals surface area contributed by atoms with Gasteiger partial charge in [-0.3, -0.25) is 4.99 Å². The number of rotatable bonds is 6. The zero-order chi connectivity index (χ0) is 18.4. The van der Waals surface area contributed by atoms with E-state index in [2.05, 4.69) is 10.3 Å². The third-order valence-corrected chi connectivity index (χ3v) is 4.54. The van der Waals surface area contributed by atoms with Gasteiger partial charge < -0.3 is 19.9 Å². The molecular weight excluding hydrogens is 453 g/mol. The fourth-order valence-corrected chi connectivity index (χ4v) is 3.15. The van der Waals surface area contributed by atoms with Gasteiger partial charge in [-0.2, -0.15) is 0 Å². The van der Waals surface area contributed by atoms with Crippen LogP contribution >= 0.6 is 24.0 Å². The SMILES string of the molecule is CN=C(NCC(c1c(F)cccc1F)N(C)C)N(C)CC1CCOC1.I. The quantitative estimate of drug-likeness (QED) is 0.385. The monoisotopic (exact) mass is 482 g/mol. The van der Waals surface area contributed by atoms with Crippen LogP contribution in [0.25, 0.3) is 0 Å². The molecule has 1 aromatic rings. The summed E-state index contributed by atoms with van der Waals surface area (Å²) in [7, 11) is 7.28. The standard InChI is InChI=1S/C18H28F2N4O.HI/c1-21-18(24(4)11-13-8-9-25-12-13)22-10-16(23(2)3)17-14(19)6-5-7-15(17)20;/h5-7,13,16H,8-12H2,1-4H3,(H,21,22);1H. The van der Waals surface area contributed by atoms with Crippen LogP contribution in [0.1, 0.15) is 18.0 Å². The molecule has 148 valence electrons. The molecule has 2 atom stereocenters. The molecule has 5 nitrogen and oxygen atoms in total. The van der Waals surface area contributed by atoms with Gasteiger partial charge in [0, 0.05) is 45.3 Å². The highest BCUT2D eigenvalue weighted by Crippen LogP contribution is 2.24. The first-order chi connectivity index (χ1) is 11.9. The van der Waals surface area contributed by atoms with E-state index in [-0.39, 0.29) is 29.5 Å². The predicted octanol–water partition coefficient (Wildman–Crippen LogP) is 2.73. The number of nitrogens with zero attached hydrogens (tertiary/aromatic N) is 3. The Balaban J connectivity index is 0.00000338. The summed E-state index contributed by atoms with van der Waals surface area (Å²) in [5.74, 6) is 0.117. The van der Waals surface area contributed by atoms with Crippen molar-refractivity contribution in [3.63, 3.8) is 0 Å². The minimum atomic E-state index is -0.535. The maximum Gasteiger partial charge on any atom is 0.193 e. The summed E-state index contributed by atoms with van der Waals surface area (Å²) in [6.45, 7) is 2.76. The van der Waals surface area contributed by atoms with Crippen LogP contribution in [0.15, 0.2) is 23.2 Å². The van der Waals surface area contributed by atoms with E-state index in [1.807, 2.05) is 11.9 Å². The van der Waals surface area contributed by atoms with Crippen LogP contribution in [0.3, 0.4) is 0 Å². The van der Waals surface area contributed by atoms with Crippen LogP contribution in [-0.2, 0) is 4.74 Å². The van der Waals surface area contributed by atoms with Crippen molar-refractivity contribution in [1.82, 2.24) is 15.1 Å². The van der Waals surface area contributed by atoms with Gasteiger partial charge in [0.05, 0.1) is 12.6 Å². The molecule has 2 unspecified atom stereocenters. The molecule has 0 saturated carbocycles. The third-order valence-electron chi connectivity index (χ3n) is 4.54. The van der Waals surface area contributed by atoms with Crippen LogP contribution < -0.4 is 5.32 Å². The lowest BCUT2D eigenvalue weighted by molar-refractivity contribution is 0.181. The summed E-state index contributed by atoms with van der Waals surface area (Å²) < 4.78 is 33.7. The Morgan fingerprint density at radius 2 is 1.96 bits per heavy atom. The summed E-state index contributed by atoms with van der Waals surface area (Å²) in [6, 6.07) is 3.51. The normalized spacial score (nSPS) is 18.6. The minimum absolute atomic E-state index is 0. The van der Waals surface area contributed by atoms with E-state index in [0.717, 1.165) is 26.2 Å². The summed E-state index contributed by atoms with van der Waals surface area (Å²) in [4.78, 5) is 8.11. The molecule has 0 amide bonds. The van der Waals surface area contributed by atoms with Crippen LogP contribution in [-0.4, -0.2) is 70.3 Å². The second kappa shape index (κ2) is 11.0. The van der Waals surface area contributed by atoms with Crippen molar-refractivity contribution in [2.45, 2.75) is 12.5 Å². The molecule has 0 radical (unpaired) electrons. The van der Waals surface area contributed by atoms with Crippen molar-refractivity contribution >= 4 is 29.9 Å². The minimum Gasteiger partial charge on any atom is -0.381 e. The highest BCUT2D eigenvalue weighted by molar-refractivity contribution is 14.0. The summed E-state index contributed by atoms with van der Waals surface area (Å²) in [6.07, 6.45) is 1.04.